The second kappa shape index (κ2) is 9.87. The van der Waals surface area contributed by atoms with E-state index >= 15 is 4.39 Å². The lowest BCUT2D eigenvalue weighted by molar-refractivity contribution is -0.130. The van der Waals surface area contributed by atoms with Crippen LogP contribution in [0.1, 0.15) is 72.1 Å². The highest BCUT2D eigenvalue weighted by molar-refractivity contribution is 5.92. The van der Waals surface area contributed by atoms with E-state index < -0.39 is 46.9 Å². The van der Waals surface area contributed by atoms with E-state index in [1.165, 1.54) is 4.68 Å². The molecule has 190 valence electrons. The van der Waals surface area contributed by atoms with Gasteiger partial charge in [0.2, 0.25) is 11.8 Å². The molecule has 2 saturated carbocycles. The molecule has 3 N–H and O–H groups in total. The van der Waals surface area contributed by atoms with E-state index in [2.05, 4.69) is 21.0 Å². The van der Waals surface area contributed by atoms with Crippen LogP contribution in [0.5, 0.6) is 0 Å². The van der Waals surface area contributed by atoms with Crippen LogP contribution in [-0.2, 0) is 21.4 Å². The van der Waals surface area contributed by atoms with Crippen LogP contribution in [0.25, 0.3) is 0 Å². The summed E-state index contributed by atoms with van der Waals surface area (Å²) in [5, 5.41) is 11.9. The molecule has 3 rings (SSSR count). The van der Waals surface area contributed by atoms with Crippen LogP contribution >= 0.6 is 0 Å². The summed E-state index contributed by atoms with van der Waals surface area (Å²) in [6.45, 7) is 5.04. The molecule has 2 aliphatic rings. The Bertz CT molecular complexity index is 901. The van der Waals surface area contributed by atoms with Crippen LogP contribution in [0.2, 0.25) is 0 Å². The van der Waals surface area contributed by atoms with E-state index in [1.807, 2.05) is 0 Å². The molecule has 0 radical (unpaired) electrons. The Morgan fingerprint density at radius 2 is 1.91 bits per heavy atom. The molecule has 1 atom stereocenters. The Hall–Kier alpha value is -2.72. The predicted octanol–water partition coefficient (Wildman–Crippen LogP) is 3.30. The maximum Gasteiger partial charge on any atom is 0.408 e. The van der Waals surface area contributed by atoms with Crippen LogP contribution in [0.4, 0.5) is 19.4 Å². The fraction of sp³-hybridized carbons (Fsp3) is 0.739. The molecular formula is C23H35F2N5O4. The van der Waals surface area contributed by atoms with E-state index in [4.69, 9.17) is 4.74 Å². The van der Waals surface area contributed by atoms with Gasteiger partial charge in [-0.1, -0.05) is 12.8 Å². The van der Waals surface area contributed by atoms with Gasteiger partial charge in [0.05, 0.1) is 12.0 Å². The molecule has 0 bridgehead atoms. The minimum atomic E-state index is -1.58. The van der Waals surface area contributed by atoms with E-state index in [1.54, 1.807) is 40.1 Å². The van der Waals surface area contributed by atoms with Crippen molar-refractivity contribution in [2.24, 2.45) is 7.05 Å². The molecular weight excluding hydrogens is 448 g/mol. The third kappa shape index (κ3) is 7.14. The monoisotopic (exact) mass is 483 g/mol. The number of amides is 3. The quantitative estimate of drug-likeness (QED) is 0.525. The average Bonchev–Trinajstić information content (AvgIpc) is 3.26. The van der Waals surface area contributed by atoms with Crippen LogP contribution in [0, 0.1) is 0 Å². The number of rotatable bonds is 8. The van der Waals surface area contributed by atoms with E-state index in [-0.39, 0.29) is 25.7 Å². The molecule has 9 nitrogen and oxygen atoms in total. The van der Waals surface area contributed by atoms with Gasteiger partial charge in [0.25, 0.3) is 0 Å². The van der Waals surface area contributed by atoms with Crippen molar-refractivity contribution in [2.75, 3.05) is 5.32 Å². The molecule has 1 heterocycles. The number of nitrogens with one attached hydrogen (secondary N) is 3. The number of alkyl carbamates (subject to hydrolysis) is 1. The summed E-state index contributed by atoms with van der Waals surface area (Å²) in [6, 6.07) is 0.401. The zero-order chi connectivity index (χ0) is 25.1. The molecule has 3 amide bonds. The Kier molecular flexibility index (Phi) is 7.52. The summed E-state index contributed by atoms with van der Waals surface area (Å²) in [7, 11) is 1.71. The fourth-order valence-corrected chi connectivity index (χ4v) is 4.64. The number of carbonyl (C=O) groups excluding carboxylic acids is 3. The first kappa shape index (κ1) is 25.9. The first-order valence-corrected chi connectivity index (χ1v) is 11.7. The minimum absolute atomic E-state index is 0.0473. The topological polar surface area (TPSA) is 114 Å². The number of nitrogens with zero attached hydrogens (tertiary/aromatic N) is 2. The Morgan fingerprint density at radius 3 is 2.44 bits per heavy atom. The lowest BCUT2D eigenvalue weighted by atomic mass is 9.72. The third-order valence-electron chi connectivity index (χ3n) is 6.17. The molecule has 0 aromatic carbocycles. The molecule has 1 aromatic heterocycles. The Morgan fingerprint density at radius 1 is 1.26 bits per heavy atom. The molecule has 34 heavy (non-hydrogen) atoms. The van der Waals surface area contributed by atoms with Gasteiger partial charge in [0.1, 0.15) is 23.5 Å². The zero-order valence-corrected chi connectivity index (χ0v) is 20.2. The van der Waals surface area contributed by atoms with Crippen molar-refractivity contribution >= 4 is 23.7 Å². The SMILES string of the molecule is Cn1ccc(NC(=O)CC2(NC(=O)C(CC3(F)CCCC3)NC(=O)OC(C)(C)C)CC(F)C2)n1. The van der Waals surface area contributed by atoms with Crippen molar-refractivity contribution in [1.82, 2.24) is 20.4 Å². The van der Waals surface area contributed by atoms with E-state index in [9.17, 15) is 18.8 Å². The predicted molar refractivity (Wildman–Crippen MR) is 122 cm³/mol. The van der Waals surface area contributed by atoms with Gasteiger partial charge in [-0.3, -0.25) is 14.3 Å². The summed E-state index contributed by atoms with van der Waals surface area (Å²) in [4.78, 5) is 38.2. The normalized spacial score (nSPS) is 24.6. The number of aromatic nitrogens is 2. The summed E-state index contributed by atoms with van der Waals surface area (Å²) < 4.78 is 35.9. The summed E-state index contributed by atoms with van der Waals surface area (Å²) >= 11 is 0. The molecule has 1 unspecified atom stereocenters. The molecule has 1 aromatic rings. The minimum Gasteiger partial charge on any atom is -0.444 e. The van der Waals surface area contributed by atoms with E-state index in [0.717, 1.165) is 0 Å². The van der Waals surface area contributed by atoms with Gasteiger partial charge in [-0.2, -0.15) is 5.10 Å². The van der Waals surface area contributed by atoms with E-state index in [0.29, 0.717) is 31.5 Å². The number of carbonyl (C=O) groups is 3. The zero-order valence-electron chi connectivity index (χ0n) is 20.2. The number of alkyl halides is 2. The summed E-state index contributed by atoms with van der Waals surface area (Å²) in [6.07, 6.45) is 1.20. The highest BCUT2D eigenvalue weighted by Crippen LogP contribution is 2.39. The first-order chi connectivity index (χ1) is 15.8. The number of hydrogen-bond donors (Lipinski definition) is 3. The maximum absolute atomic E-state index is 15.3. The number of ether oxygens (including phenoxy) is 1. The van der Waals surface area contributed by atoms with Crippen molar-refractivity contribution in [3.63, 3.8) is 0 Å². The lowest BCUT2D eigenvalue weighted by Gasteiger charge is -2.45. The fourth-order valence-electron chi connectivity index (χ4n) is 4.64. The standard InChI is InChI=1S/C23H35F2N5O4/c1-21(2,3)34-20(33)26-16(13-22(25)8-5-6-9-22)19(32)28-23(11-15(24)12-23)14-18(31)27-17-7-10-30(4)29-17/h7,10,15-16H,5-6,8-9,11-14H2,1-4H3,(H,26,33)(H,28,32)(H,27,29,31). The summed E-state index contributed by atoms with van der Waals surface area (Å²) in [5.41, 5.74) is -3.50. The number of aryl methyl sites for hydroxylation is 1. The number of halogens is 2. The smallest absolute Gasteiger partial charge is 0.408 e. The highest BCUT2D eigenvalue weighted by atomic mass is 19.1. The first-order valence-electron chi connectivity index (χ1n) is 11.7. The Labute approximate surface area is 198 Å². The molecule has 0 spiro atoms. The van der Waals surface area contributed by atoms with Crippen LogP contribution in [0.15, 0.2) is 12.3 Å². The molecule has 11 heteroatoms. The highest BCUT2D eigenvalue weighted by Gasteiger charge is 2.49. The maximum atomic E-state index is 15.3. The second-order valence-electron chi connectivity index (χ2n) is 10.6. The van der Waals surface area contributed by atoms with Crippen LogP contribution in [0.3, 0.4) is 0 Å². The van der Waals surface area contributed by atoms with Crippen molar-refractivity contribution in [3.8, 4) is 0 Å². The van der Waals surface area contributed by atoms with Gasteiger partial charge in [-0.25, -0.2) is 13.6 Å². The van der Waals surface area contributed by atoms with Crippen molar-refractivity contribution in [3.05, 3.63) is 12.3 Å². The molecule has 0 aliphatic heterocycles. The lowest BCUT2D eigenvalue weighted by Crippen LogP contribution is -2.63. The van der Waals surface area contributed by atoms with Gasteiger partial charge in [-0.05, 0) is 33.6 Å². The van der Waals surface area contributed by atoms with Gasteiger partial charge < -0.3 is 20.7 Å². The van der Waals surface area contributed by atoms with Gasteiger partial charge in [-0.15, -0.1) is 0 Å². The second-order valence-corrected chi connectivity index (χ2v) is 10.6. The van der Waals surface area contributed by atoms with Crippen molar-refractivity contribution < 1.29 is 27.9 Å². The van der Waals surface area contributed by atoms with Crippen molar-refractivity contribution in [1.29, 1.82) is 0 Å². The number of hydrogen-bond acceptors (Lipinski definition) is 5. The number of anilines is 1. The average molecular weight is 484 g/mol. The third-order valence-corrected chi connectivity index (χ3v) is 6.17. The molecule has 2 aliphatic carbocycles. The van der Waals surface area contributed by atoms with Crippen LogP contribution in [-0.4, -0.2) is 56.7 Å². The van der Waals surface area contributed by atoms with Crippen molar-refractivity contribution in [2.45, 2.75) is 101 Å². The van der Waals surface area contributed by atoms with Gasteiger partial charge in [0.15, 0.2) is 5.82 Å². The van der Waals surface area contributed by atoms with Gasteiger partial charge >= 0.3 is 6.09 Å². The largest absolute Gasteiger partial charge is 0.444 e. The van der Waals surface area contributed by atoms with Gasteiger partial charge in [0, 0.05) is 38.6 Å². The Balaban J connectivity index is 1.69. The summed E-state index contributed by atoms with van der Waals surface area (Å²) in [5.74, 6) is -0.747. The van der Waals surface area contributed by atoms with Crippen LogP contribution < -0.4 is 16.0 Å². The molecule has 0 saturated heterocycles. The molecule has 2 fully saturated rings.